The molecule has 0 aliphatic rings. The van der Waals surface area contributed by atoms with E-state index in [0.29, 0.717) is 5.75 Å². The first kappa shape index (κ1) is 14.5. The van der Waals surface area contributed by atoms with Crippen molar-refractivity contribution in [3.63, 3.8) is 0 Å². The van der Waals surface area contributed by atoms with Crippen molar-refractivity contribution in [3.8, 4) is 0 Å². The van der Waals surface area contributed by atoms with Gasteiger partial charge in [0.2, 0.25) is 0 Å². The third-order valence-corrected chi connectivity index (χ3v) is 4.89. The number of benzene rings is 2. The quantitative estimate of drug-likeness (QED) is 0.619. The molecule has 1 atom stereocenters. The summed E-state index contributed by atoms with van der Waals surface area (Å²) in [5.41, 5.74) is 2.36. The van der Waals surface area contributed by atoms with E-state index in [1.165, 1.54) is 18.2 Å². The van der Waals surface area contributed by atoms with Crippen LogP contribution in [0.25, 0.3) is 0 Å². The molecule has 0 amide bonds. The molecular formula is C17H18O2S. The van der Waals surface area contributed by atoms with Crippen LogP contribution in [0.1, 0.15) is 16.4 Å². The molecule has 0 saturated heterocycles. The van der Waals surface area contributed by atoms with Crippen LogP contribution in [0.4, 0.5) is 0 Å². The Labute approximate surface area is 122 Å². The van der Waals surface area contributed by atoms with E-state index >= 15 is 0 Å². The van der Waals surface area contributed by atoms with Crippen molar-refractivity contribution in [1.29, 1.82) is 0 Å². The van der Waals surface area contributed by atoms with Gasteiger partial charge >= 0.3 is 5.97 Å². The predicted molar refractivity (Wildman–Crippen MR) is 86.3 cm³/mol. The molecule has 0 saturated carbocycles. The van der Waals surface area contributed by atoms with Crippen LogP contribution in [-0.2, 0) is 9.53 Å². The maximum Gasteiger partial charge on any atom is 0.315 e. The van der Waals surface area contributed by atoms with Crippen LogP contribution in [0, 0.1) is 0 Å². The molecule has 2 aromatic rings. The van der Waals surface area contributed by atoms with Crippen molar-refractivity contribution >= 4 is 22.3 Å². The Hall–Kier alpha value is -1.87. The number of hydrogen-bond donors (Lipinski definition) is 0. The van der Waals surface area contributed by atoms with Crippen molar-refractivity contribution in [1.82, 2.24) is 0 Å². The number of carbonyl (C=O) groups excluding carboxylic acids is 1. The second-order valence-corrected chi connectivity index (χ2v) is 6.29. The Morgan fingerprint density at radius 1 is 1.05 bits per heavy atom. The lowest BCUT2D eigenvalue weighted by molar-refractivity contribution is -0.137. The zero-order valence-electron chi connectivity index (χ0n) is 11.5. The number of ether oxygens (including phenoxy) is 1. The van der Waals surface area contributed by atoms with Gasteiger partial charge in [-0.25, -0.2) is 0 Å². The highest BCUT2D eigenvalue weighted by atomic mass is 32.2. The van der Waals surface area contributed by atoms with Gasteiger partial charge in [-0.3, -0.25) is 4.79 Å². The summed E-state index contributed by atoms with van der Waals surface area (Å²) in [6.07, 6.45) is 0. The molecule has 0 aliphatic heterocycles. The van der Waals surface area contributed by atoms with E-state index in [1.54, 1.807) is 0 Å². The second-order valence-electron chi connectivity index (χ2n) is 4.46. The fourth-order valence-corrected chi connectivity index (χ4v) is 3.80. The largest absolute Gasteiger partial charge is 0.468 e. The third kappa shape index (κ3) is 3.58. The topological polar surface area (TPSA) is 26.3 Å². The molecule has 0 aliphatic carbocycles. The molecule has 104 valence electrons. The van der Waals surface area contributed by atoms with Gasteiger partial charge in [0.25, 0.3) is 0 Å². The summed E-state index contributed by atoms with van der Waals surface area (Å²) in [4.78, 5) is 11.5. The first-order chi connectivity index (χ1) is 9.72. The number of esters is 1. The average molecular weight is 286 g/mol. The standard InChI is InChI=1S/C17H18O2S/c1-19-16(18)13-20(2)17(14-9-5-3-6-10-14)15-11-7-4-8-12-15/h3-12,17H,2,13H2,1H3. The van der Waals surface area contributed by atoms with Gasteiger partial charge in [0.15, 0.2) is 0 Å². The first-order valence-electron chi connectivity index (χ1n) is 6.38. The number of rotatable bonds is 5. The van der Waals surface area contributed by atoms with Crippen molar-refractivity contribution in [3.05, 3.63) is 71.8 Å². The molecule has 2 rings (SSSR count). The summed E-state index contributed by atoms with van der Waals surface area (Å²) in [6.45, 7) is 0. The highest BCUT2D eigenvalue weighted by molar-refractivity contribution is 8.15. The van der Waals surface area contributed by atoms with E-state index in [-0.39, 0.29) is 21.7 Å². The van der Waals surface area contributed by atoms with Crippen molar-refractivity contribution in [2.45, 2.75) is 5.25 Å². The Kier molecular flexibility index (Phi) is 5.13. The molecular weight excluding hydrogens is 268 g/mol. The van der Waals surface area contributed by atoms with Crippen molar-refractivity contribution < 1.29 is 9.53 Å². The van der Waals surface area contributed by atoms with E-state index in [9.17, 15) is 4.79 Å². The lowest BCUT2D eigenvalue weighted by Gasteiger charge is -2.21. The molecule has 0 N–H and O–H groups in total. The van der Waals surface area contributed by atoms with Gasteiger partial charge in [-0.2, -0.15) is 10.5 Å². The lowest BCUT2D eigenvalue weighted by atomic mass is 10.0. The minimum Gasteiger partial charge on any atom is -0.468 e. The summed E-state index contributed by atoms with van der Waals surface area (Å²) < 4.78 is 4.77. The first-order valence-corrected chi connectivity index (χ1v) is 8.01. The number of methoxy groups -OCH3 is 1. The average Bonchev–Trinajstić information content (AvgIpc) is 2.49. The van der Waals surface area contributed by atoms with Crippen LogP contribution in [0.5, 0.6) is 0 Å². The SMILES string of the molecule is C=S(CC(=O)OC)C(c1ccccc1)c1ccccc1. The van der Waals surface area contributed by atoms with Crippen LogP contribution in [0.2, 0.25) is 0 Å². The molecule has 3 heteroatoms. The summed E-state index contributed by atoms with van der Waals surface area (Å²) in [6, 6.07) is 20.4. The molecule has 2 aromatic carbocycles. The molecule has 0 fully saturated rings. The lowest BCUT2D eigenvalue weighted by Crippen LogP contribution is -2.09. The van der Waals surface area contributed by atoms with Crippen LogP contribution >= 0.6 is 10.5 Å². The van der Waals surface area contributed by atoms with Crippen molar-refractivity contribution in [2.24, 2.45) is 0 Å². The monoisotopic (exact) mass is 286 g/mol. The number of hydrogen-bond acceptors (Lipinski definition) is 2. The molecule has 0 bridgehead atoms. The van der Waals surface area contributed by atoms with Gasteiger partial charge in [0, 0.05) is 5.25 Å². The van der Waals surface area contributed by atoms with Gasteiger partial charge in [-0.15, -0.1) is 0 Å². The van der Waals surface area contributed by atoms with Crippen LogP contribution in [-0.4, -0.2) is 24.7 Å². The van der Waals surface area contributed by atoms with Gasteiger partial charge in [0.1, 0.15) is 0 Å². The molecule has 1 unspecified atom stereocenters. The molecule has 20 heavy (non-hydrogen) atoms. The highest BCUT2D eigenvalue weighted by Crippen LogP contribution is 2.39. The summed E-state index contributed by atoms with van der Waals surface area (Å²) in [7, 11) is 1.05. The fourth-order valence-electron chi connectivity index (χ4n) is 2.13. The molecule has 0 spiro atoms. The normalized spacial score (nSPS) is 12.1. The Morgan fingerprint density at radius 3 is 1.90 bits per heavy atom. The van der Waals surface area contributed by atoms with Crippen molar-refractivity contribution in [2.75, 3.05) is 12.9 Å². The zero-order valence-corrected chi connectivity index (χ0v) is 12.3. The summed E-state index contributed by atoms with van der Waals surface area (Å²) in [5.74, 6) is 4.34. The van der Waals surface area contributed by atoms with E-state index in [2.05, 4.69) is 30.1 Å². The minimum absolute atomic E-state index is 0.122. The molecule has 2 nitrogen and oxygen atoms in total. The maximum absolute atomic E-state index is 11.5. The smallest absolute Gasteiger partial charge is 0.315 e. The third-order valence-electron chi connectivity index (χ3n) is 3.07. The Balaban J connectivity index is 2.35. The number of carbonyl (C=O) groups is 1. The van der Waals surface area contributed by atoms with Crippen LogP contribution in [0.3, 0.4) is 0 Å². The van der Waals surface area contributed by atoms with Gasteiger partial charge in [-0.1, -0.05) is 66.5 Å². The van der Waals surface area contributed by atoms with E-state index < -0.39 is 0 Å². The minimum atomic E-state index is -0.364. The van der Waals surface area contributed by atoms with Crippen LogP contribution < -0.4 is 0 Å². The van der Waals surface area contributed by atoms with Gasteiger partial charge in [-0.05, 0) is 11.1 Å². The highest BCUT2D eigenvalue weighted by Gasteiger charge is 2.18. The predicted octanol–water partition coefficient (Wildman–Crippen LogP) is 3.65. The molecule has 0 radical (unpaired) electrons. The molecule has 0 aromatic heterocycles. The molecule has 0 heterocycles. The van der Waals surface area contributed by atoms with E-state index in [0.717, 1.165) is 0 Å². The Morgan fingerprint density at radius 2 is 1.50 bits per heavy atom. The van der Waals surface area contributed by atoms with Crippen LogP contribution in [0.15, 0.2) is 60.7 Å². The van der Waals surface area contributed by atoms with Gasteiger partial charge in [0.05, 0.1) is 12.9 Å². The second kappa shape index (κ2) is 7.06. The van der Waals surface area contributed by atoms with E-state index in [1.807, 2.05) is 36.4 Å². The Bertz CT molecular complexity index is 539. The van der Waals surface area contributed by atoms with Gasteiger partial charge < -0.3 is 4.74 Å². The maximum atomic E-state index is 11.5. The van der Waals surface area contributed by atoms with E-state index in [4.69, 9.17) is 4.74 Å². The zero-order chi connectivity index (χ0) is 14.4. The summed E-state index contributed by atoms with van der Waals surface area (Å²) >= 11 is 0. The summed E-state index contributed by atoms with van der Waals surface area (Å²) in [5, 5.41) is 0.122. The fraction of sp³-hybridized carbons (Fsp3) is 0.176.